The summed E-state index contributed by atoms with van der Waals surface area (Å²) in [6, 6.07) is 6.49. The molecule has 11 nitrogen and oxygen atoms in total. The molecule has 4 rings (SSSR count). The molecule has 0 spiro atoms. The van der Waals surface area contributed by atoms with Gasteiger partial charge in [0.15, 0.2) is 17.3 Å². The number of anilines is 2. The number of nitrogens with two attached hydrogens (primary N) is 2. The lowest BCUT2D eigenvalue weighted by Crippen LogP contribution is -2.12. The van der Waals surface area contributed by atoms with Gasteiger partial charge in [-0.2, -0.15) is 0 Å². The normalized spacial score (nSPS) is 11.8. The van der Waals surface area contributed by atoms with Crippen molar-refractivity contribution in [2.75, 3.05) is 17.6 Å². The van der Waals surface area contributed by atoms with Crippen LogP contribution in [0.2, 0.25) is 0 Å². The number of rotatable bonds is 7. The number of benzene rings is 1. The molecule has 0 saturated carbocycles. The summed E-state index contributed by atoms with van der Waals surface area (Å²) in [5.41, 5.74) is 9.57. The lowest BCUT2D eigenvalue weighted by atomic mass is 10.1. The number of imidazole rings is 1. The second-order valence-electron chi connectivity index (χ2n) is 6.60. The van der Waals surface area contributed by atoms with Gasteiger partial charge in [-0.05, 0) is 41.4 Å². The molecule has 0 aliphatic carbocycles. The second kappa shape index (κ2) is 7.72. The SMILES string of the molecule is CCn1c(-c2nonc2N)nc2cncc(NCCc3ccc(S(N)(=O)=O)cc3)c21. The van der Waals surface area contributed by atoms with Gasteiger partial charge in [-0.1, -0.05) is 12.1 Å². The zero-order chi connectivity index (χ0) is 21.3. The van der Waals surface area contributed by atoms with Gasteiger partial charge in [0.2, 0.25) is 10.0 Å². The molecule has 0 saturated heterocycles. The molecular weight excluding hydrogens is 408 g/mol. The zero-order valence-electron chi connectivity index (χ0n) is 16.1. The zero-order valence-corrected chi connectivity index (χ0v) is 16.9. The highest BCUT2D eigenvalue weighted by molar-refractivity contribution is 7.89. The van der Waals surface area contributed by atoms with Crippen molar-refractivity contribution in [1.29, 1.82) is 0 Å². The number of nitrogen functional groups attached to an aromatic ring is 1. The van der Waals surface area contributed by atoms with Crippen LogP contribution in [0.3, 0.4) is 0 Å². The number of nitrogens with one attached hydrogen (secondary N) is 1. The molecule has 1 aromatic carbocycles. The van der Waals surface area contributed by atoms with Crippen molar-refractivity contribution in [3.63, 3.8) is 0 Å². The fourth-order valence-electron chi connectivity index (χ4n) is 3.24. The highest BCUT2D eigenvalue weighted by Crippen LogP contribution is 2.30. The summed E-state index contributed by atoms with van der Waals surface area (Å²) in [4.78, 5) is 8.95. The van der Waals surface area contributed by atoms with E-state index in [1.54, 1.807) is 24.5 Å². The van der Waals surface area contributed by atoms with Crippen LogP contribution in [0.4, 0.5) is 11.5 Å². The van der Waals surface area contributed by atoms with Gasteiger partial charge in [-0.3, -0.25) is 4.98 Å². The minimum atomic E-state index is -3.69. The summed E-state index contributed by atoms with van der Waals surface area (Å²) in [5, 5.41) is 16.0. The van der Waals surface area contributed by atoms with Crippen LogP contribution in [-0.2, 0) is 23.0 Å². The first kappa shape index (κ1) is 19.8. The summed E-state index contributed by atoms with van der Waals surface area (Å²) >= 11 is 0. The molecule has 5 N–H and O–H groups in total. The van der Waals surface area contributed by atoms with Crippen LogP contribution in [0.15, 0.2) is 46.2 Å². The maximum atomic E-state index is 11.4. The minimum absolute atomic E-state index is 0.0918. The predicted molar refractivity (Wildman–Crippen MR) is 111 cm³/mol. The number of aryl methyl sites for hydroxylation is 1. The molecule has 0 fully saturated rings. The number of primary sulfonamides is 1. The largest absolute Gasteiger partial charge is 0.382 e. The van der Waals surface area contributed by atoms with Crippen molar-refractivity contribution in [2.45, 2.75) is 24.8 Å². The van der Waals surface area contributed by atoms with Crippen molar-refractivity contribution >= 4 is 32.6 Å². The first-order valence-electron chi connectivity index (χ1n) is 9.16. The Morgan fingerprint density at radius 1 is 1.17 bits per heavy atom. The summed E-state index contributed by atoms with van der Waals surface area (Å²) < 4.78 is 29.4. The average Bonchev–Trinajstić information content (AvgIpc) is 3.30. The van der Waals surface area contributed by atoms with E-state index in [1.807, 2.05) is 11.5 Å². The van der Waals surface area contributed by atoms with E-state index in [0.29, 0.717) is 36.5 Å². The summed E-state index contributed by atoms with van der Waals surface area (Å²) in [6.07, 6.45) is 4.08. The molecule has 12 heteroatoms. The van der Waals surface area contributed by atoms with Crippen molar-refractivity contribution < 1.29 is 13.0 Å². The van der Waals surface area contributed by atoms with Gasteiger partial charge in [-0.15, -0.1) is 0 Å². The molecule has 0 bridgehead atoms. The van der Waals surface area contributed by atoms with Gasteiger partial charge in [0.1, 0.15) is 5.52 Å². The van der Waals surface area contributed by atoms with Gasteiger partial charge < -0.3 is 15.6 Å². The molecular formula is C18H20N8O3S. The Balaban J connectivity index is 1.57. The second-order valence-corrected chi connectivity index (χ2v) is 8.16. The van der Waals surface area contributed by atoms with Crippen LogP contribution in [0.25, 0.3) is 22.6 Å². The first-order valence-corrected chi connectivity index (χ1v) is 10.7. The number of aromatic nitrogens is 5. The minimum Gasteiger partial charge on any atom is -0.382 e. The highest BCUT2D eigenvalue weighted by atomic mass is 32.2. The number of sulfonamides is 1. The van der Waals surface area contributed by atoms with Gasteiger partial charge in [0.25, 0.3) is 0 Å². The molecule has 0 aliphatic rings. The lowest BCUT2D eigenvalue weighted by Gasteiger charge is -2.11. The smallest absolute Gasteiger partial charge is 0.238 e. The van der Waals surface area contributed by atoms with Crippen LogP contribution in [0.1, 0.15) is 12.5 Å². The Morgan fingerprint density at radius 3 is 2.57 bits per heavy atom. The van der Waals surface area contributed by atoms with Gasteiger partial charge in [-0.25, -0.2) is 23.2 Å². The summed E-state index contributed by atoms with van der Waals surface area (Å²) in [6.45, 7) is 3.23. The first-order chi connectivity index (χ1) is 14.4. The van der Waals surface area contributed by atoms with E-state index < -0.39 is 10.0 Å². The highest BCUT2D eigenvalue weighted by Gasteiger charge is 2.20. The van der Waals surface area contributed by atoms with Crippen LogP contribution in [0.5, 0.6) is 0 Å². The molecule has 3 heterocycles. The van der Waals surface area contributed by atoms with E-state index in [-0.39, 0.29) is 10.7 Å². The molecule has 0 aliphatic heterocycles. The van der Waals surface area contributed by atoms with Crippen LogP contribution < -0.4 is 16.2 Å². The number of pyridine rings is 1. The van der Waals surface area contributed by atoms with Crippen molar-refractivity contribution in [2.24, 2.45) is 5.14 Å². The van der Waals surface area contributed by atoms with Crippen LogP contribution >= 0.6 is 0 Å². The predicted octanol–water partition coefficient (Wildman–Crippen LogP) is 1.39. The summed E-state index contributed by atoms with van der Waals surface area (Å²) in [5.74, 6) is 0.728. The molecule has 0 atom stereocenters. The molecule has 0 amide bonds. The number of fused-ring (bicyclic) bond motifs is 1. The molecule has 156 valence electrons. The Labute approximate surface area is 172 Å². The van der Waals surface area contributed by atoms with Crippen molar-refractivity contribution in [3.05, 3.63) is 42.2 Å². The Bertz CT molecular complexity index is 1290. The van der Waals surface area contributed by atoms with Gasteiger partial charge in [0, 0.05) is 13.1 Å². The van der Waals surface area contributed by atoms with E-state index in [1.165, 1.54) is 12.1 Å². The van der Waals surface area contributed by atoms with E-state index in [4.69, 9.17) is 15.5 Å². The number of hydrogen-bond donors (Lipinski definition) is 3. The molecule has 3 aromatic heterocycles. The van der Waals surface area contributed by atoms with Gasteiger partial charge >= 0.3 is 0 Å². The maximum Gasteiger partial charge on any atom is 0.238 e. The molecule has 0 radical (unpaired) electrons. The van der Waals surface area contributed by atoms with E-state index in [0.717, 1.165) is 16.8 Å². The van der Waals surface area contributed by atoms with E-state index >= 15 is 0 Å². The fourth-order valence-corrected chi connectivity index (χ4v) is 3.76. The van der Waals surface area contributed by atoms with Gasteiger partial charge in [0.05, 0.1) is 28.5 Å². The van der Waals surface area contributed by atoms with Crippen LogP contribution in [0, 0.1) is 0 Å². The third-order valence-electron chi connectivity index (χ3n) is 4.67. The molecule has 30 heavy (non-hydrogen) atoms. The molecule has 0 unspecified atom stereocenters. The maximum absolute atomic E-state index is 11.4. The monoisotopic (exact) mass is 428 g/mol. The number of hydrogen-bond acceptors (Lipinski definition) is 9. The fraction of sp³-hybridized carbons (Fsp3) is 0.222. The Hall–Kier alpha value is -3.51. The number of nitrogens with zero attached hydrogens (tertiary/aromatic N) is 5. The topological polar surface area (TPSA) is 168 Å². The average molecular weight is 428 g/mol. The van der Waals surface area contributed by atoms with Crippen LogP contribution in [-0.4, -0.2) is 39.8 Å². The quantitative estimate of drug-likeness (QED) is 0.394. The lowest BCUT2D eigenvalue weighted by molar-refractivity contribution is 0.310. The van der Waals surface area contributed by atoms with E-state index in [9.17, 15) is 8.42 Å². The summed E-state index contributed by atoms with van der Waals surface area (Å²) in [7, 11) is -3.69. The van der Waals surface area contributed by atoms with Crippen molar-refractivity contribution in [1.82, 2.24) is 24.8 Å². The Morgan fingerprint density at radius 2 is 1.93 bits per heavy atom. The standard InChI is InChI=1S/C18H20N8O3S/c1-2-26-16-13(22-8-7-11-3-5-12(6-4-11)30(20,27)28)9-21-10-14(16)23-18(26)15-17(19)25-29-24-15/h3-6,9-10,22H,2,7-8H2,1H3,(H2,19,25)(H2,20,27,28). The third-order valence-corrected chi connectivity index (χ3v) is 5.60. The molecule has 4 aromatic rings. The third kappa shape index (κ3) is 3.69. The van der Waals surface area contributed by atoms with E-state index in [2.05, 4.69) is 25.6 Å². The Kier molecular flexibility index (Phi) is 5.10. The van der Waals surface area contributed by atoms with Crippen molar-refractivity contribution in [3.8, 4) is 11.5 Å².